The largest absolute Gasteiger partial charge is 0.508 e. The van der Waals surface area contributed by atoms with Crippen molar-refractivity contribution in [2.24, 2.45) is 0 Å². The summed E-state index contributed by atoms with van der Waals surface area (Å²) < 4.78 is 15.2. The standard InChI is InChI=1S/C22H18N2O3S/c1-16-12-17(10-11-21(16)25)8-9-18-13-19(15-23-14-18)22(26)24-28(2,27)20-6-4-3-5-7-20/h3-7,10-15,25H,2H2,1H3,(H,24,26,27). The molecule has 0 radical (unpaired) electrons. The highest BCUT2D eigenvalue weighted by Crippen LogP contribution is 2.16. The van der Waals surface area contributed by atoms with Gasteiger partial charge in [-0.1, -0.05) is 30.0 Å². The average molecular weight is 390 g/mol. The first-order valence-corrected chi connectivity index (χ1v) is 10.1. The summed E-state index contributed by atoms with van der Waals surface area (Å²) in [4.78, 5) is 17.0. The van der Waals surface area contributed by atoms with Gasteiger partial charge in [0.25, 0.3) is 5.91 Å². The molecule has 0 bridgehead atoms. The highest BCUT2D eigenvalue weighted by Gasteiger charge is 2.13. The lowest BCUT2D eigenvalue weighted by Crippen LogP contribution is -2.30. The number of pyridine rings is 1. The van der Waals surface area contributed by atoms with Crippen molar-refractivity contribution in [3.63, 3.8) is 0 Å². The Hall–Kier alpha value is -3.56. The molecule has 3 rings (SSSR count). The summed E-state index contributed by atoms with van der Waals surface area (Å²) in [5.74, 6) is 9.22. The Bertz CT molecular complexity index is 1190. The number of amides is 1. The van der Waals surface area contributed by atoms with E-state index in [0.29, 0.717) is 10.5 Å². The lowest BCUT2D eigenvalue weighted by atomic mass is 10.1. The van der Waals surface area contributed by atoms with Gasteiger partial charge in [0.05, 0.1) is 15.3 Å². The van der Waals surface area contributed by atoms with Gasteiger partial charge >= 0.3 is 0 Å². The molecule has 1 unspecified atom stereocenters. The molecule has 0 saturated carbocycles. The number of carbonyl (C=O) groups is 1. The van der Waals surface area contributed by atoms with Crippen LogP contribution in [0.5, 0.6) is 5.75 Å². The van der Waals surface area contributed by atoms with E-state index in [1.54, 1.807) is 61.5 Å². The molecule has 0 aliphatic carbocycles. The molecule has 0 saturated heterocycles. The second kappa shape index (κ2) is 7.99. The number of phenolic OH excluding ortho intramolecular Hbond substituents is 1. The van der Waals surface area contributed by atoms with Gasteiger partial charge in [-0.2, -0.15) is 0 Å². The maximum atomic E-state index is 12.7. The van der Waals surface area contributed by atoms with Crippen LogP contribution in [-0.2, 0) is 9.71 Å². The molecule has 1 atom stereocenters. The van der Waals surface area contributed by atoms with Crippen molar-refractivity contribution in [1.82, 2.24) is 9.71 Å². The average Bonchev–Trinajstić information content (AvgIpc) is 2.69. The Balaban J connectivity index is 1.81. The van der Waals surface area contributed by atoms with E-state index < -0.39 is 15.6 Å². The number of aryl methyl sites for hydroxylation is 1. The van der Waals surface area contributed by atoms with Gasteiger partial charge in [0.1, 0.15) is 5.75 Å². The van der Waals surface area contributed by atoms with Crippen LogP contribution in [0.4, 0.5) is 0 Å². The second-order valence-electron chi connectivity index (χ2n) is 6.13. The van der Waals surface area contributed by atoms with E-state index in [0.717, 1.165) is 11.1 Å². The van der Waals surface area contributed by atoms with Gasteiger partial charge in [0, 0.05) is 28.4 Å². The van der Waals surface area contributed by atoms with Crippen LogP contribution >= 0.6 is 0 Å². The van der Waals surface area contributed by atoms with Crippen molar-refractivity contribution in [3.05, 3.63) is 89.2 Å². The Morgan fingerprint density at radius 2 is 1.79 bits per heavy atom. The summed E-state index contributed by atoms with van der Waals surface area (Å²) in [6.07, 6.45) is 2.92. The first-order chi connectivity index (χ1) is 13.3. The molecular formula is C22H18N2O3S. The van der Waals surface area contributed by atoms with Crippen molar-refractivity contribution in [2.75, 3.05) is 0 Å². The normalized spacial score (nSPS) is 12.3. The molecule has 0 fully saturated rings. The van der Waals surface area contributed by atoms with Crippen molar-refractivity contribution in [2.45, 2.75) is 11.8 Å². The fraction of sp³-hybridized carbons (Fsp3) is 0.0455. The molecule has 0 aliphatic heterocycles. The molecule has 140 valence electrons. The lowest BCUT2D eigenvalue weighted by molar-refractivity contribution is 0.0982. The minimum Gasteiger partial charge on any atom is -0.508 e. The van der Waals surface area contributed by atoms with E-state index in [1.807, 2.05) is 0 Å². The second-order valence-corrected chi connectivity index (χ2v) is 8.16. The number of carbonyl (C=O) groups excluding carboxylic acids is 1. The summed E-state index contributed by atoms with van der Waals surface area (Å²) in [5.41, 5.74) is 2.23. The van der Waals surface area contributed by atoms with Gasteiger partial charge in [-0.15, -0.1) is 0 Å². The summed E-state index contributed by atoms with van der Waals surface area (Å²) in [6.45, 7) is 1.79. The molecule has 0 spiro atoms. The quantitative estimate of drug-likeness (QED) is 0.532. The fourth-order valence-electron chi connectivity index (χ4n) is 2.42. The number of nitrogens with zero attached hydrogens (tertiary/aromatic N) is 1. The maximum absolute atomic E-state index is 12.7. The summed E-state index contributed by atoms with van der Waals surface area (Å²) in [5, 5.41) is 9.57. The van der Waals surface area contributed by atoms with Gasteiger partial charge in [0.15, 0.2) is 0 Å². The van der Waals surface area contributed by atoms with Crippen LogP contribution in [-0.4, -0.2) is 26.1 Å². The smallest absolute Gasteiger partial charge is 0.264 e. The van der Waals surface area contributed by atoms with Crippen molar-refractivity contribution < 1.29 is 14.1 Å². The number of hydrogen-bond acceptors (Lipinski definition) is 4. The van der Waals surface area contributed by atoms with E-state index in [4.69, 9.17) is 0 Å². The fourth-order valence-corrected chi connectivity index (χ4v) is 3.55. The van der Waals surface area contributed by atoms with Crippen LogP contribution in [0.1, 0.15) is 27.0 Å². The molecule has 1 aromatic heterocycles. The predicted molar refractivity (Wildman–Crippen MR) is 110 cm³/mol. The molecule has 0 aliphatic rings. The number of hydrogen-bond donors (Lipinski definition) is 2. The predicted octanol–water partition coefficient (Wildman–Crippen LogP) is 2.92. The molecule has 2 N–H and O–H groups in total. The van der Waals surface area contributed by atoms with Crippen LogP contribution in [0.25, 0.3) is 0 Å². The molecule has 1 amide bonds. The van der Waals surface area contributed by atoms with Gasteiger partial charge in [-0.3, -0.25) is 14.5 Å². The number of phenols is 1. The van der Waals surface area contributed by atoms with Crippen LogP contribution in [0.2, 0.25) is 0 Å². The molecule has 28 heavy (non-hydrogen) atoms. The molecule has 2 aromatic carbocycles. The van der Waals surface area contributed by atoms with Crippen molar-refractivity contribution in [1.29, 1.82) is 0 Å². The third-order valence-corrected chi connectivity index (χ3v) is 5.48. The monoisotopic (exact) mass is 390 g/mol. The van der Waals surface area contributed by atoms with Gasteiger partial charge in [-0.25, -0.2) is 4.21 Å². The van der Waals surface area contributed by atoms with E-state index in [2.05, 4.69) is 27.4 Å². The van der Waals surface area contributed by atoms with Gasteiger partial charge in [-0.05, 0) is 54.8 Å². The highest BCUT2D eigenvalue weighted by atomic mass is 32.2. The van der Waals surface area contributed by atoms with Crippen LogP contribution in [0.3, 0.4) is 0 Å². The van der Waals surface area contributed by atoms with Gasteiger partial charge in [0.2, 0.25) is 0 Å². The Morgan fingerprint density at radius 1 is 1.07 bits per heavy atom. The maximum Gasteiger partial charge on any atom is 0.264 e. The zero-order valence-electron chi connectivity index (χ0n) is 15.2. The van der Waals surface area contributed by atoms with Gasteiger partial charge < -0.3 is 5.11 Å². The number of rotatable bonds is 3. The zero-order valence-corrected chi connectivity index (χ0v) is 16.0. The molecule has 5 nitrogen and oxygen atoms in total. The van der Waals surface area contributed by atoms with E-state index >= 15 is 0 Å². The van der Waals surface area contributed by atoms with Crippen LogP contribution in [0, 0.1) is 18.8 Å². The lowest BCUT2D eigenvalue weighted by Gasteiger charge is -2.11. The summed E-state index contributed by atoms with van der Waals surface area (Å²) >= 11 is 0. The van der Waals surface area contributed by atoms with E-state index in [1.165, 1.54) is 12.4 Å². The number of aromatic nitrogens is 1. The Morgan fingerprint density at radius 3 is 2.50 bits per heavy atom. The molecule has 3 aromatic rings. The summed E-state index contributed by atoms with van der Waals surface area (Å²) in [7, 11) is -2.97. The van der Waals surface area contributed by atoms with Crippen molar-refractivity contribution in [3.8, 4) is 17.6 Å². The Labute approximate surface area is 164 Å². The molecule has 6 heteroatoms. The molecular weight excluding hydrogens is 372 g/mol. The van der Waals surface area contributed by atoms with E-state index in [9.17, 15) is 14.1 Å². The molecule has 1 heterocycles. The SMILES string of the molecule is C=S(=O)(NC(=O)c1cncc(C#Cc2ccc(O)c(C)c2)c1)c1ccccc1. The van der Waals surface area contributed by atoms with E-state index in [-0.39, 0.29) is 11.3 Å². The van der Waals surface area contributed by atoms with Crippen LogP contribution < -0.4 is 4.72 Å². The summed E-state index contributed by atoms with van der Waals surface area (Å²) in [6, 6.07) is 15.2. The minimum absolute atomic E-state index is 0.209. The zero-order chi connectivity index (χ0) is 20.1. The van der Waals surface area contributed by atoms with Crippen LogP contribution in [0.15, 0.2) is 71.9 Å². The number of nitrogens with one attached hydrogen (secondary N) is 1. The van der Waals surface area contributed by atoms with Crippen molar-refractivity contribution >= 4 is 21.5 Å². The third kappa shape index (κ3) is 4.58. The highest BCUT2D eigenvalue weighted by molar-refractivity contribution is 7.99. The minimum atomic E-state index is -2.97. The topological polar surface area (TPSA) is 79.3 Å². The number of benzene rings is 2. The first kappa shape index (κ1) is 19.2. The Kier molecular flexibility index (Phi) is 5.48. The number of aromatic hydroxyl groups is 1. The first-order valence-electron chi connectivity index (χ1n) is 8.36. The third-order valence-electron chi connectivity index (χ3n) is 3.93.